The summed E-state index contributed by atoms with van der Waals surface area (Å²) in [6.45, 7) is 0.358. The van der Waals surface area contributed by atoms with E-state index in [1.165, 1.54) is 12.0 Å². The van der Waals surface area contributed by atoms with Crippen LogP contribution in [0, 0.1) is 0 Å². The Morgan fingerprint density at radius 1 is 0.918 bits per heavy atom. The zero-order chi connectivity index (χ0) is 35.9. The van der Waals surface area contributed by atoms with Crippen molar-refractivity contribution >= 4 is 63.9 Å². The molecule has 0 unspecified atom stereocenters. The molecule has 7 amide bonds. The highest BCUT2D eigenvalue weighted by molar-refractivity contribution is 6.27. The summed E-state index contributed by atoms with van der Waals surface area (Å²) >= 11 is 5.66. The number of primary amides is 2. The summed E-state index contributed by atoms with van der Waals surface area (Å²) in [5, 5.41) is 12.3. The normalized spacial score (nSPS) is 16.0. The Labute approximate surface area is 289 Å². The third-order valence-electron chi connectivity index (χ3n) is 8.22. The SMILES string of the molecule is COC(=O)CC[C@H](NC(=O)CCl)C(=O)N1CCCC[C@H]1C(=O)N[C@@H](Cc1ccc2ccccc2c1)C(=O)N[C@@H](CCCNC(N)=O)C(N)=O. The fraction of sp³-hybridized carbons (Fsp3) is 0.485. The number of rotatable bonds is 17. The van der Waals surface area contributed by atoms with Crippen LogP contribution in [0.1, 0.15) is 50.5 Å². The standard InChI is InChI=1S/C33H44ClN7O8/c1-49-28(43)14-13-24(38-27(42)19-34)32(47)41-16-5-4-10-26(41)31(46)40-25(18-20-11-12-21-7-2-3-8-22(21)17-20)30(45)39-23(29(35)44)9-6-15-37-33(36)48/h2-3,7-8,11-12,17,23-26H,4-6,9-10,13-16,18-19H2,1H3,(H2,35,44)(H,38,42)(H,39,45)(H,40,46)(H3,36,37,48)/t23-,24-,25-,26-/m0/s1. The molecule has 0 bridgehead atoms. The van der Waals surface area contributed by atoms with Crippen molar-refractivity contribution in [2.24, 2.45) is 11.5 Å². The summed E-state index contributed by atoms with van der Waals surface area (Å²) < 4.78 is 4.68. The molecular weight excluding hydrogens is 658 g/mol. The van der Waals surface area contributed by atoms with Gasteiger partial charge in [0.15, 0.2) is 0 Å². The molecule has 2 aromatic carbocycles. The number of carbonyl (C=O) groups is 7. The predicted molar refractivity (Wildman–Crippen MR) is 181 cm³/mol. The lowest BCUT2D eigenvalue weighted by Gasteiger charge is -2.37. The van der Waals surface area contributed by atoms with Gasteiger partial charge in [-0.3, -0.25) is 28.8 Å². The molecule has 0 aromatic heterocycles. The first kappa shape index (κ1) is 38.5. The number of fused-ring (bicyclic) bond motifs is 1. The maximum absolute atomic E-state index is 13.9. The maximum Gasteiger partial charge on any atom is 0.312 e. The van der Waals surface area contributed by atoms with Crippen molar-refractivity contribution in [3.63, 3.8) is 0 Å². The highest BCUT2D eigenvalue weighted by Crippen LogP contribution is 2.21. The zero-order valence-corrected chi connectivity index (χ0v) is 28.1. The number of carbonyl (C=O) groups excluding carboxylic acids is 7. The minimum atomic E-state index is -1.18. The summed E-state index contributed by atoms with van der Waals surface area (Å²) in [7, 11) is 1.21. The highest BCUT2D eigenvalue weighted by Gasteiger charge is 2.38. The van der Waals surface area contributed by atoms with Gasteiger partial charge in [-0.05, 0) is 54.9 Å². The lowest BCUT2D eigenvalue weighted by molar-refractivity contribution is -0.146. The van der Waals surface area contributed by atoms with E-state index >= 15 is 0 Å². The van der Waals surface area contributed by atoms with E-state index in [9.17, 15) is 33.6 Å². The molecular formula is C33H44ClN7O8. The van der Waals surface area contributed by atoms with Gasteiger partial charge in [-0.25, -0.2) is 4.79 Å². The van der Waals surface area contributed by atoms with Gasteiger partial charge in [0, 0.05) is 25.9 Å². The van der Waals surface area contributed by atoms with Crippen LogP contribution in [0.5, 0.6) is 0 Å². The summed E-state index contributed by atoms with van der Waals surface area (Å²) in [4.78, 5) is 90.0. The van der Waals surface area contributed by atoms with E-state index in [-0.39, 0.29) is 51.6 Å². The number of alkyl halides is 1. The van der Waals surface area contributed by atoms with Crippen LogP contribution in [0.2, 0.25) is 0 Å². The number of halogens is 1. The maximum atomic E-state index is 13.9. The molecule has 1 heterocycles. The second kappa shape index (κ2) is 19.2. The Morgan fingerprint density at radius 2 is 1.65 bits per heavy atom. The number of urea groups is 1. The minimum absolute atomic E-state index is 0.0469. The number of amides is 7. The number of esters is 1. The number of hydrogen-bond donors (Lipinski definition) is 6. The van der Waals surface area contributed by atoms with Crippen LogP contribution in [0.15, 0.2) is 42.5 Å². The third kappa shape index (κ3) is 11.9. The topological polar surface area (TPSA) is 232 Å². The quantitative estimate of drug-likeness (QED) is 0.0763. The summed E-state index contributed by atoms with van der Waals surface area (Å²) in [6, 6.07) is 8.11. The molecule has 0 spiro atoms. The first-order valence-corrected chi connectivity index (χ1v) is 16.6. The number of methoxy groups -OCH3 is 1. The average molecular weight is 702 g/mol. The number of ether oxygens (including phenoxy) is 1. The Hall–Kier alpha value is -4.92. The van der Waals surface area contributed by atoms with Crippen LogP contribution in [0.25, 0.3) is 10.8 Å². The van der Waals surface area contributed by atoms with Gasteiger partial charge in [0.05, 0.1) is 7.11 Å². The minimum Gasteiger partial charge on any atom is -0.469 e. The molecule has 16 heteroatoms. The fourth-order valence-corrected chi connectivity index (χ4v) is 5.75. The molecule has 1 fully saturated rings. The van der Waals surface area contributed by atoms with Gasteiger partial charge >= 0.3 is 12.0 Å². The lowest BCUT2D eigenvalue weighted by atomic mass is 9.97. The molecule has 0 saturated carbocycles. The van der Waals surface area contributed by atoms with Crippen LogP contribution >= 0.6 is 11.6 Å². The van der Waals surface area contributed by atoms with Gasteiger partial charge in [0.1, 0.15) is 30.0 Å². The second-order valence-electron chi connectivity index (χ2n) is 11.8. The molecule has 3 rings (SSSR count). The van der Waals surface area contributed by atoms with Crippen LogP contribution in [-0.4, -0.2) is 96.7 Å². The number of nitrogens with two attached hydrogens (primary N) is 2. The zero-order valence-electron chi connectivity index (χ0n) is 27.4. The van der Waals surface area contributed by atoms with Crippen molar-refractivity contribution in [3.05, 3.63) is 48.0 Å². The van der Waals surface area contributed by atoms with Crippen LogP contribution in [-0.2, 0) is 39.9 Å². The van der Waals surface area contributed by atoms with Gasteiger partial charge in [0.2, 0.25) is 29.5 Å². The van der Waals surface area contributed by atoms with Gasteiger partial charge in [-0.1, -0.05) is 42.5 Å². The Balaban J connectivity index is 1.85. The van der Waals surface area contributed by atoms with Crippen molar-refractivity contribution in [1.82, 2.24) is 26.2 Å². The summed E-state index contributed by atoms with van der Waals surface area (Å²) in [5.74, 6) is -4.26. The van der Waals surface area contributed by atoms with Crippen molar-refractivity contribution < 1.29 is 38.3 Å². The van der Waals surface area contributed by atoms with E-state index in [2.05, 4.69) is 26.0 Å². The Bertz CT molecular complexity index is 1520. The molecule has 49 heavy (non-hydrogen) atoms. The van der Waals surface area contributed by atoms with E-state index in [1.807, 2.05) is 42.5 Å². The van der Waals surface area contributed by atoms with Gasteiger partial charge in [0.25, 0.3) is 0 Å². The van der Waals surface area contributed by atoms with Crippen LogP contribution in [0.4, 0.5) is 4.79 Å². The summed E-state index contributed by atoms with van der Waals surface area (Å²) in [6.07, 6.45) is 1.70. The molecule has 1 saturated heterocycles. The summed E-state index contributed by atoms with van der Waals surface area (Å²) in [5.41, 5.74) is 11.4. The fourth-order valence-electron chi connectivity index (χ4n) is 5.68. The smallest absolute Gasteiger partial charge is 0.312 e. The molecule has 2 aromatic rings. The van der Waals surface area contributed by atoms with E-state index in [1.54, 1.807) is 0 Å². The lowest BCUT2D eigenvalue weighted by Crippen LogP contribution is -2.60. The van der Waals surface area contributed by atoms with Gasteiger partial charge in [-0.15, -0.1) is 11.6 Å². The van der Waals surface area contributed by atoms with Crippen molar-refractivity contribution in [2.75, 3.05) is 26.1 Å². The van der Waals surface area contributed by atoms with E-state index in [0.717, 1.165) is 16.3 Å². The molecule has 15 nitrogen and oxygen atoms in total. The van der Waals surface area contributed by atoms with E-state index in [4.69, 9.17) is 23.1 Å². The number of nitrogens with zero attached hydrogens (tertiary/aromatic N) is 1. The van der Waals surface area contributed by atoms with Crippen molar-refractivity contribution in [3.8, 4) is 0 Å². The van der Waals surface area contributed by atoms with Crippen LogP contribution < -0.4 is 32.7 Å². The average Bonchev–Trinajstić information content (AvgIpc) is 3.09. The van der Waals surface area contributed by atoms with Crippen molar-refractivity contribution in [1.29, 1.82) is 0 Å². The first-order valence-electron chi connectivity index (χ1n) is 16.1. The van der Waals surface area contributed by atoms with Gasteiger partial charge in [-0.2, -0.15) is 0 Å². The molecule has 0 radical (unpaired) electrons. The van der Waals surface area contributed by atoms with Crippen molar-refractivity contribution in [2.45, 2.75) is 75.5 Å². The third-order valence-corrected chi connectivity index (χ3v) is 8.47. The second-order valence-corrected chi connectivity index (χ2v) is 12.0. The highest BCUT2D eigenvalue weighted by atomic mass is 35.5. The number of nitrogens with one attached hydrogen (secondary N) is 4. The molecule has 266 valence electrons. The Kier molecular flexibility index (Phi) is 15.1. The number of piperidine rings is 1. The first-order chi connectivity index (χ1) is 23.4. The Morgan fingerprint density at radius 3 is 2.33 bits per heavy atom. The number of benzene rings is 2. The van der Waals surface area contributed by atoms with E-state index in [0.29, 0.717) is 12.8 Å². The monoisotopic (exact) mass is 701 g/mol. The largest absolute Gasteiger partial charge is 0.469 e. The predicted octanol–water partition coefficient (Wildman–Crippen LogP) is 0.344. The van der Waals surface area contributed by atoms with Gasteiger partial charge < -0.3 is 42.4 Å². The molecule has 8 N–H and O–H groups in total. The molecule has 1 aliphatic heterocycles. The van der Waals surface area contributed by atoms with Crippen LogP contribution in [0.3, 0.4) is 0 Å². The van der Waals surface area contributed by atoms with E-state index < -0.39 is 71.6 Å². The molecule has 4 atom stereocenters. The number of hydrogen-bond acceptors (Lipinski definition) is 8. The molecule has 1 aliphatic rings. The molecule has 0 aliphatic carbocycles. The number of likely N-dealkylation sites (tertiary alicyclic amines) is 1.